The van der Waals surface area contributed by atoms with Crippen molar-refractivity contribution in [3.63, 3.8) is 0 Å². The van der Waals surface area contributed by atoms with Gasteiger partial charge in [-0.2, -0.15) is 0 Å². The van der Waals surface area contributed by atoms with Crippen LogP contribution in [0.5, 0.6) is 0 Å². The molecule has 8 heavy (non-hydrogen) atoms. The van der Waals surface area contributed by atoms with Crippen molar-refractivity contribution in [1.29, 1.82) is 0 Å². The summed E-state index contributed by atoms with van der Waals surface area (Å²) >= 11 is 0. The maximum atomic E-state index is 5.32. The van der Waals surface area contributed by atoms with E-state index in [2.05, 4.69) is 9.39 Å². The summed E-state index contributed by atoms with van der Waals surface area (Å²) in [5.74, 6) is 0. The summed E-state index contributed by atoms with van der Waals surface area (Å²) in [6.07, 6.45) is 2.75. The van der Waals surface area contributed by atoms with Gasteiger partial charge in [0.25, 0.3) is 0 Å². The topological polar surface area (TPSA) is 12.5 Å². The Balaban J connectivity index is 2.24. The Hall–Kier alpha value is 0.350. The summed E-state index contributed by atoms with van der Waals surface area (Å²) in [6.45, 7) is 0.934. The smallest absolute Gasteiger partial charge is 0.113 e. The minimum atomic E-state index is 0.361. The predicted octanol–water partition coefficient (Wildman–Crippen LogP) is 0.845. The first-order chi connectivity index (χ1) is 3.80. The van der Waals surface area contributed by atoms with Crippen LogP contribution >= 0.6 is 9.39 Å². The van der Waals surface area contributed by atoms with E-state index in [9.17, 15) is 0 Å². The molecule has 1 aliphatic heterocycles. The summed E-state index contributed by atoms with van der Waals surface area (Å²) in [5, 5.41) is 0. The van der Waals surface area contributed by atoms with E-state index in [1.165, 1.54) is 12.8 Å². The molecule has 1 saturated heterocycles. The Kier molecular flexibility index (Phi) is 2.24. The first kappa shape index (κ1) is 6.47. The largest absolute Gasteiger partial charge is 0.363 e. The summed E-state index contributed by atoms with van der Waals surface area (Å²) in [4.78, 5) is 0. The molecule has 1 aliphatic rings. The third kappa shape index (κ3) is 1.41. The summed E-state index contributed by atoms with van der Waals surface area (Å²) in [7, 11) is 4.63. The quantitative estimate of drug-likeness (QED) is 0.491. The van der Waals surface area contributed by atoms with Crippen molar-refractivity contribution in [2.24, 2.45) is 0 Å². The zero-order chi connectivity index (χ0) is 5.98. The number of nitrogens with zero attached hydrogens (tertiary/aromatic N) is 1. The molecule has 0 aromatic rings. The maximum absolute atomic E-state index is 5.32. The van der Waals surface area contributed by atoms with Crippen LogP contribution in [0.2, 0.25) is 0 Å². The highest BCUT2D eigenvalue weighted by molar-refractivity contribution is 7.13. The lowest BCUT2D eigenvalue weighted by atomic mass is 10.3. The first-order valence-electron chi connectivity index (χ1n) is 2.90. The van der Waals surface area contributed by atoms with Gasteiger partial charge in [-0.1, -0.05) is 9.39 Å². The molecule has 1 heterocycles. The Morgan fingerprint density at radius 1 is 1.75 bits per heavy atom. The lowest BCUT2D eigenvalue weighted by Crippen LogP contribution is -2.20. The first-order valence-corrected chi connectivity index (χ1v) is 3.41. The van der Waals surface area contributed by atoms with E-state index in [1.807, 2.05) is 11.7 Å². The lowest BCUT2D eigenvalue weighted by Gasteiger charge is -2.16. The predicted molar refractivity (Wildman–Crippen MR) is 36.4 cm³/mol. The van der Waals surface area contributed by atoms with E-state index >= 15 is 0 Å². The highest BCUT2D eigenvalue weighted by Crippen LogP contribution is 2.16. The molecule has 0 radical (unpaired) electrons. The average Bonchev–Trinajstić information content (AvgIpc) is 2.12. The van der Waals surface area contributed by atoms with Gasteiger partial charge < -0.3 is 4.74 Å². The molecule has 2 atom stereocenters. The van der Waals surface area contributed by atoms with E-state index in [1.54, 1.807) is 0 Å². The van der Waals surface area contributed by atoms with Gasteiger partial charge in [0.05, 0.1) is 0 Å². The van der Waals surface area contributed by atoms with Gasteiger partial charge in [-0.3, -0.25) is 4.67 Å². The molecule has 0 amide bonds. The number of hydrogen-bond donors (Lipinski definition) is 0. The third-order valence-corrected chi connectivity index (χ3v) is 1.69. The fourth-order valence-corrected chi connectivity index (χ4v) is 1.12. The van der Waals surface area contributed by atoms with E-state index in [4.69, 9.17) is 4.74 Å². The van der Waals surface area contributed by atoms with Crippen LogP contribution in [0.4, 0.5) is 0 Å². The zero-order valence-electron chi connectivity index (χ0n) is 5.13. The lowest BCUT2D eigenvalue weighted by molar-refractivity contribution is 0.0442. The van der Waals surface area contributed by atoms with Crippen LogP contribution in [-0.2, 0) is 4.74 Å². The molecule has 0 saturated carbocycles. The van der Waals surface area contributed by atoms with Crippen LogP contribution in [0.3, 0.4) is 0 Å². The van der Waals surface area contributed by atoms with Crippen LogP contribution in [0.1, 0.15) is 12.8 Å². The molecule has 0 aromatic heterocycles. The van der Waals surface area contributed by atoms with Gasteiger partial charge in [0, 0.05) is 6.61 Å². The van der Waals surface area contributed by atoms with Gasteiger partial charge in [0.2, 0.25) is 0 Å². The van der Waals surface area contributed by atoms with Gasteiger partial charge in [-0.05, 0) is 19.9 Å². The number of ether oxygens (including phenoxy) is 1. The van der Waals surface area contributed by atoms with Crippen LogP contribution in [0.25, 0.3) is 0 Å². The molecule has 2 nitrogen and oxygen atoms in total. The van der Waals surface area contributed by atoms with E-state index in [0.29, 0.717) is 6.23 Å². The second kappa shape index (κ2) is 2.77. The molecule has 0 aromatic carbocycles. The highest BCUT2D eigenvalue weighted by Gasteiger charge is 2.16. The Bertz CT molecular complexity index is 70.8. The summed E-state index contributed by atoms with van der Waals surface area (Å²) in [5.41, 5.74) is 0. The van der Waals surface area contributed by atoms with Crippen LogP contribution in [0, 0.1) is 0 Å². The Morgan fingerprint density at radius 2 is 2.50 bits per heavy atom. The van der Waals surface area contributed by atoms with E-state index < -0.39 is 0 Å². The molecule has 0 N–H and O–H groups in total. The Morgan fingerprint density at radius 3 is 2.75 bits per heavy atom. The summed E-state index contributed by atoms with van der Waals surface area (Å²) < 4.78 is 7.35. The van der Waals surface area contributed by atoms with Gasteiger partial charge in [0.15, 0.2) is 0 Å². The molecule has 1 fully saturated rings. The minimum Gasteiger partial charge on any atom is -0.363 e. The second-order valence-electron chi connectivity index (χ2n) is 2.13. The highest BCUT2D eigenvalue weighted by atomic mass is 31.0. The van der Waals surface area contributed by atoms with Crippen LogP contribution in [0.15, 0.2) is 0 Å². The third-order valence-electron chi connectivity index (χ3n) is 1.36. The average molecular weight is 133 g/mol. The van der Waals surface area contributed by atoms with Crippen molar-refractivity contribution in [2.45, 2.75) is 19.1 Å². The number of rotatable bonds is 1. The Labute approximate surface area is 52.5 Å². The van der Waals surface area contributed by atoms with Crippen molar-refractivity contribution in [3.8, 4) is 0 Å². The van der Waals surface area contributed by atoms with Crippen LogP contribution < -0.4 is 0 Å². The standard InChI is InChI=1S/C5H12NOP/c1-6(8)5-3-2-4-7-5/h5H,2-4,8H2,1H3. The molecule has 3 heteroatoms. The molecule has 0 spiro atoms. The molecule has 48 valence electrons. The van der Waals surface area contributed by atoms with Gasteiger partial charge in [-0.15, -0.1) is 0 Å². The van der Waals surface area contributed by atoms with Gasteiger partial charge in [0.1, 0.15) is 6.23 Å². The van der Waals surface area contributed by atoms with Gasteiger partial charge >= 0.3 is 0 Å². The normalized spacial score (nSPS) is 29.6. The van der Waals surface area contributed by atoms with Crippen molar-refractivity contribution >= 4 is 9.39 Å². The van der Waals surface area contributed by atoms with Gasteiger partial charge in [-0.25, -0.2) is 0 Å². The van der Waals surface area contributed by atoms with E-state index in [0.717, 1.165) is 6.61 Å². The van der Waals surface area contributed by atoms with Crippen molar-refractivity contribution in [1.82, 2.24) is 4.67 Å². The molecule has 0 bridgehead atoms. The molecule has 1 rings (SSSR count). The fraction of sp³-hybridized carbons (Fsp3) is 1.00. The van der Waals surface area contributed by atoms with E-state index in [-0.39, 0.29) is 0 Å². The minimum absolute atomic E-state index is 0.361. The molecular formula is C5H12NOP. The molecular weight excluding hydrogens is 121 g/mol. The fourth-order valence-electron chi connectivity index (χ4n) is 0.882. The molecule has 0 aliphatic carbocycles. The maximum Gasteiger partial charge on any atom is 0.113 e. The monoisotopic (exact) mass is 133 g/mol. The van der Waals surface area contributed by atoms with Crippen molar-refractivity contribution in [2.75, 3.05) is 13.7 Å². The molecule has 2 unspecified atom stereocenters. The van der Waals surface area contributed by atoms with Crippen LogP contribution in [-0.4, -0.2) is 24.6 Å². The zero-order valence-corrected chi connectivity index (χ0v) is 6.29. The SMILES string of the molecule is CN(P)C1CCCO1. The van der Waals surface area contributed by atoms with Crippen molar-refractivity contribution < 1.29 is 4.74 Å². The number of hydrogen-bond acceptors (Lipinski definition) is 2. The second-order valence-corrected chi connectivity index (χ2v) is 2.95. The summed E-state index contributed by atoms with van der Waals surface area (Å²) in [6, 6.07) is 0. The van der Waals surface area contributed by atoms with Crippen molar-refractivity contribution in [3.05, 3.63) is 0 Å².